The summed E-state index contributed by atoms with van der Waals surface area (Å²) in [6.07, 6.45) is 1.39. The number of tetrazole rings is 1. The predicted molar refractivity (Wildman–Crippen MR) is 105 cm³/mol. The number of nitrogens with zero attached hydrogens (tertiary/aromatic N) is 6. The highest BCUT2D eigenvalue weighted by Gasteiger charge is 2.23. The van der Waals surface area contributed by atoms with Crippen LogP contribution < -0.4 is 10.0 Å². The molecule has 0 bridgehead atoms. The Morgan fingerprint density at radius 3 is 2.54 bits per heavy atom. The van der Waals surface area contributed by atoms with Crippen LogP contribution in [0.5, 0.6) is 0 Å². The molecule has 0 aliphatic rings. The molecule has 0 fully saturated rings. The number of anilines is 2. The van der Waals surface area contributed by atoms with Crippen LogP contribution >= 0.6 is 22.9 Å². The molecule has 0 aliphatic carbocycles. The van der Waals surface area contributed by atoms with Gasteiger partial charge >= 0.3 is 0 Å². The summed E-state index contributed by atoms with van der Waals surface area (Å²) in [5, 5.41) is 23.0. The lowest BCUT2D eigenvalue weighted by Crippen LogP contribution is -2.27. The van der Waals surface area contributed by atoms with Gasteiger partial charge in [-0.3, -0.25) is 14.8 Å². The Bertz CT molecular complexity index is 1080. The van der Waals surface area contributed by atoms with E-state index in [2.05, 4.69) is 35.6 Å². The predicted octanol–water partition coefficient (Wildman–Crippen LogP) is 1.81. The van der Waals surface area contributed by atoms with Gasteiger partial charge in [0.1, 0.15) is 0 Å². The highest BCUT2D eigenvalue weighted by atomic mass is 35.5. The summed E-state index contributed by atoms with van der Waals surface area (Å²) < 4.78 is 24.6. The van der Waals surface area contributed by atoms with Gasteiger partial charge in [0, 0.05) is 10.6 Å². The molecule has 0 spiro atoms. The second-order valence-electron chi connectivity index (χ2n) is 5.64. The minimum atomic E-state index is -3.48. The molecule has 2 N–H and O–H groups in total. The molecule has 2 aromatic heterocycles. The van der Waals surface area contributed by atoms with Gasteiger partial charge in [-0.2, -0.15) is 4.80 Å². The van der Waals surface area contributed by atoms with E-state index in [0.29, 0.717) is 22.8 Å². The molecule has 0 radical (unpaired) electrons. The highest BCUT2D eigenvalue weighted by Crippen LogP contribution is 2.23. The number of aromatic nitrogens is 6. The Kier molecular flexibility index (Phi) is 5.86. The maximum absolute atomic E-state index is 12.6. The van der Waals surface area contributed by atoms with Gasteiger partial charge in [-0.1, -0.05) is 29.9 Å². The van der Waals surface area contributed by atoms with E-state index in [9.17, 15) is 13.2 Å². The number of carbonyl (C=O) groups excluding carboxylic acids is 1. The molecule has 3 rings (SSSR count). The fourth-order valence-electron chi connectivity index (χ4n) is 2.19. The van der Waals surface area contributed by atoms with E-state index in [1.807, 2.05) is 0 Å². The first-order chi connectivity index (χ1) is 13.2. The molecule has 1 aromatic carbocycles. The monoisotopic (exact) mass is 442 g/mol. The smallest absolute Gasteiger partial charge is 0.253 e. The zero-order valence-corrected chi connectivity index (χ0v) is 17.1. The van der Waals surface area contributed by atoms with Crippen molar-refractivity contribution in [1.29, 1.82) is 0 Å². The summed E-state index contributed by atoms with van der Waals surface area (Å²) in [6.45, 7) is 1.80. The first-order valence-electron chi connectivity index (χ1n) is 7.93. The van der Waals surface area contributed by atoms with E-state index in [1.54, 1.807) is 31.2 Å². The maximum atomic E-state index is 12.6. The zero-order valence-electron chi connectivity index (χ0n) is 14.7. The van der Waals surface area contributed by atoms with Crippen molar-refractivity contribution >= 4 is 49.1 Å². The summed E-state index contributed by atoms with van der Waals surface area (Å²) in [4.78, 5) is 13.8. The van der Waals surface area contributed by atoms with Gasteiger partial charge in [-0.15, -0.1) is 20.4 Å². The average Bonchev–Trinajstić information content (AvgIpc) is 3.25. The van der Waals surface area contributed by atoms with Crippen molar-refractivity contribution in [2.45, 2.75) is 19.4 Å². The van der Waals surface area contributed by atoms with Gasteiger partial charge < -0.3 is 0 Å². The molecule has 2 heterocycles. The third-order valence-electron chi connectivity index (χ3n) is 3.43. The van der Waals surface area contributed by atoms with Gasteiger partial charge in [0.15, 0.2) is 6.04 Å². The maximum Gasteiger partial charge on any atom is 0.253 e. The lowest BCUT2D eigenvalue weighted by atomic mass is 10.2. The lowest BCUT2D eigenvalue weighted by Gasteiger charge is -2.11. The van der Waals surface area contributed by atoms with Crippen LogP contribution in [0.4, 0.5) is 10.3 Å². The van der Waals surface area contributed by atoms with E-state index in [0.717, 1.165) is 17.6 Å². The minimum absolute atomic E-state index is 0.0507. The number of hydrogen-bond acceptors (Lipinski definition) is 9. The molecular weight excluding hydrogens is 428 g/mol. The van der Waals surface area contributed by atoms with Crippen molar-refractivity contribution in [2.75, 3.05) is 16.3 Å². The topological polar surface area (TPSA) is 145 Å². The zero-order chi connectivity index (χ0) is 20.3. The first kappa shape index (κ1) is 20.1. The molecule has 1 atom stereocenters. The van der Waals surface area contributed by atoms with Crippen molar-refractivity contribution in [2.24, 2.45) is 0 Å². The molecule has 0 saturated carbocycles. The Hall–Kier alpha value is -2.64. The van der Waals surface area contributed by atoms with Gasteiger partial charge in [-0.25, -0.2) is 8.42 Å². The summed E-state index contributed by atoms with van der Waals surface area (Å²) in [5.74, 6) is -0.0666. The van der Waals surface area contributed by atoms with E-state index >= 15 is 0 Å². The van der Waals surface area contributed by atoms with Gasteiger partial charge in [0.05, 0.1) is 6.26 Å². The minimum Gasteiger partial charge on any atom is -0.299 e. The molecule has 1 amide bonds. The van der Waals surface area contributed by atoms with Gasteiger partial charge in [0.25, 0.3) is 5.91 Å². The van der Waals surface area contributed by atoms with Crippen molar-refractivity contribution < 1.29 is 13.2 Å². The summed E-state index contributed by atoms with van der Waals surface area (Å²) in [5.41, 5.74) is 0.714. The summed E-state index contributed by atoms with van der Waals surface area (Å²) in [6, 6.07) is 6.19. The number of nitrogens with one attached hydrogen (secondary N) is 2. The highest BCUT2D eigenvalue weighted by molar-refractivity contribution is 7.92. The molecular formula is C14H15ClN8O3S2. The largest absolute Gasteiger partial charge is 0.299 e. The molecule has 148 valence electrons. The van der Waals surface area contributed by atoms with E-state index < -0.39 is 22.0 Å². The quantitative estimate of drug-likeness (QED) is 0.563. The normalized spacial score (nSPS) is 12.5. The standard InChI is InChI=1S/C14H15ClN8O3S2/c1-3-10(12(24)16-13-18-19-14(27-13)21-28(2,25)26)23-20-11(17-22-23)8-4-6-9(15)7-5-8/h4-7,10H,3H2,1-2H3,(H,19,21)(H,16,18,24). The number of hydrogen-bond donors (Lipinski definition) is 2. The third-order valence-corrected chi connectivity index (χ3v) is 5.13. The number of rotatable bonds is 7. The second-order valence-corrected chi connectivity index (χ2v) is 8.80. The number of carbonyl (C=O) groups is 1. The van der Waals surface area contributed by atoms with Crippen molar-refractivity contribution in [1.82, 2.24) is 30.4 Å². The molecule has 0 saturated heterocycles. The van der Waals surface area contributed by atoms with Crippen LogP contribution in [0.2, 0.25) is 5.02 Å². The molecule has 0 aliphatic heterocycles. The van der Waals surface area contributed by atoms with Crippen LogP contribution in [0, 0.1) is 0 Å². The first-order valence-corrected chi connectivity index (χ1v) is 11.0. The molecule has 3 aromatic rings. The molecule has 14 heteroatoms. The van der Waals surface area contributed by atoms with E-state index in [4.69, 9.17) is 11.6 Å². The SMILES string of the molecule is CCC(C(=O)Nc1nnc(NS(C)(=O)=O)s1)n1nnc(-c2ccc(Cl)cc2)n1. The van der Waals surface area contributed by atoms with Crippen LogP contribution in [0.1, 0.15) is 19.4 Å². The van der Waals surface area contributed by atoms with Crippen LogP contribution in [0.25, 0.3) is 11.4 Å². The number of amides is 1. The Morgan fingerprint density at radius 2 is 1.89 bits per heavy atom. The summed E-state index contributed by atoms with van der Waals surface area (Å²) >= 11 is 6.76. The van der Waals surface area contributed by atoms with Crippen LogP contribution in [-0.2, 0) is 14.8 Å². The molecule has 1 unspecified atom stereocenters. The number of halogens is 1. The molecule has 11 nitrogen and oxygen atoms in total. The van der Waals surface area contributed by atoms with Crippen LogP contribution in [0.15, 0.2) is 24.3 Å². The van der Waals surface area contributed by atoms with Gasteiger partial charge in [0.2, 0.25) is 26.1 Å². The Morgan fingerprint density at radius 1 is 1.21 bits per heavy atom. The summed E-state index contributed by atoms with van der Waals surface area (Å²) in [7, 11) is -3.48. The Balaban J connectivity index is 1.73. The van der Waals surface area contributed by atoms with Crippen LogP contribution in [0.3, 0.4) is 0 Å². The number of benzene rings is 1. The lowest BCUT2D eigenvalue weighted by molar-refractivity contribution is -0.120. The Labute approximate surface area is 169 Å². The van der Waals surface area contributed by atoms with Crippen molar-refractivity contribution in [3.63, 3.8) is 0 Å². The molecule has 28 heavy (non-hydrogen) atoms. The van der Waals surface area contributed by atoms with Crippen LogP contribution in [-0.4, -0.2) is 51.0 Å². The third kappa shape index (κ3) is 4.99. The number of sulfonamides is 1. The van der Waals surface area contributed by atoms with E-state index in [1.165, 1.54) is 4.80 Å². The van der Waals surface area contributed by atoms with Crippen molar-refractivity contribution in [3.05, 3.63) is 29.3 Å². The fourth-order valence-corrected chi connectivity index (χ4v) is 3.79. The second kappa shape index (κ2) is 8.16. The van der Waals surface area contributed by atoms with Gasteiger partial charge in [-0.05, 0) is 35.9 Å². The van der Waals surface area contributed by atoms with Crippen molar-refractivity contribution in [3.8, 4) is 11.4 Å². The fraction of sp³-hybridized carbons (Fsp3) is 0.286. The average molecular weight is 443 g/mol. The van der Waals surface area contributed by atoms with E-state index in [-0.39, 0.29) is 10.3 Å².